The molecule has 0 aromatic heterocycles. The molecule has 8 heteroatoms. The summed E-state index contributed by atoms with van der Waals surface area (Å²) in [7, 11) is 0. The summed E-state index contributed by atoms with van der Waals surface area (Å²) in [5.74, 6) is -1.56. The number of amides is 2. The third-order valence-corrected chi connectivity index (χ3v) is 8.15. The van der Waals surface area contributed by atoms with Gasteiger partial charge in [0.1, 0.15) is 12.6 Å². The molecule has 2 aliphatic carbocycles. The Kier molecular flexibility index (Phi) is 8.99. The summed E-state index contributed by atoms with van der Waals surface area (Å²) >= 11 is 0. The Balaban J connectivity index is 1.26. The Morgan fingerprint density at radius 3 is 2.20 bits per heavy atom. The molecule has 2 amide bonds. The van der Waals surface area contributed by atoms with E-state index in [0.29, 0.717) is 6.42 Å². The van der Waals surface area contributed by atoms with Gasteiger partial charge in [0.05, 0.1) is 19.1 Å². The van der Waals surface area contributed by atoms with Gasteiger partial charge in [-0.05, 0) is 53.5 Å². The van der Waals surface area contributed by atoms with E-state index in [1.165, 1.54) is 0 Å². The number of carboxylic acid groups (broad SMARTS) is 1. The fourth-order valence-electron chi connectivity index (χ4n) is 6.03. The molecule has 4 atom stereocenters. The fraction of sp³-hybridized carbons (Fsp3) is 0.364. The molecule has 0 spiro atoms. The molecule has 2 aliphatic rings. The summed E-state index contributed by atoms with van der Waals surface area (Å²) in [5, 5.41) is 15.0. The van der Waals surface area contributed by atoms with Crippen LogP contribution in [0.4, 0.5) is 4.79 Å². The van der Waals surface area contributed by atoms with Crippen molar-refractivity contribution in [1.29, 1.82) is 0 Å². The Hall–Kier alpha value is -4.17. The van der Waals surface area contributed by atoms with Crippen LogP contribution in [0, 0.1) is 5.92 Å². The van der Waals surface area contributed by atoms with Gasteiger partial charge < -0.3 is 25.2 Å². The highest BCUT2D eigenvalue weighted by Gasteiger charge is 2.35. The molecule has 0 aliphatic heterocycles. The maximum atomic E-state index is 13.5. The highest BCUT2D eigenvalue weighted by molar-refractivity contribution is 5.86. The van der Waals surface area contributed by atoms with Crippen molar-refractivity contribution in [1.82, 2.24) is 10.6 Å². The van der Waals surface area contributed by atoms with Crippen LogP contribution < -0.4 is 10.6 Å². The number of nitrogens with one attached hydrogen (secondary N) is 2. The molecule has 0 radical (unpaired) electrons. The SMILES string of the molecule is C[C@H](OCc1ccccc1)[C@@H](NC(=O)OCC1c2ccccc2-c2ccccc21)C(=O)N[C@@H]1CCC[C@H]1CC(=O)O. The van der Waals surface area contributed by atoms with Gasteiger partial charge in [0, 0.05) is 12.0 Å². The minimum Gasteiger partial charge on any atom is -0.481 e. The normalized spacial score (nSPS) is 19.0. The third kappa shape index (κ3) is 6.77. The first kappa shape index (κ1) is 28.4. The van der Waals surface area contributed by atoms with Crippen LogP contribution in [0.15, 0.2) is 78.9 Å². The van der Waals surface area contributed by atoms with E-state index in [9.17, 15) is 19.5 Å². The summed E-state index contributed by atoms with van der Waals surface area (Å²) in [5.41, 5.74) is 5.40. The van der Waals surface area contributed by atoms with Gasteiger partial charge in [0.15, 0.2) is 0 Å². The number of alkyl carbamates (subject to hydrolysis) is 1. The Labute approximate surface area is 240 Å². The number of carboxylic acids is 1. The lowest BCUT2D eigenvalue weighted by molar-refractivity contribution is -0.138. The topological polar surface area (TPSA) is 114 Å². The summed E-state index contributed by atoms with van der Waals surface area (Å²) in [6, 6.07) is 24.5. The first-order valence-electron chi connectivity index (χ1n) is 14.2. The van der Waals surface area contributed by atoms with Gasteiger partial charge in [-0.25, -0.2) is 4.79 Å². The van der Waals surface area contributed by atoms with E-state index in [2.05, 4.69) is 22.8 Å². The van der Waals surface area contributed by atoms with Crippen molar-refractivity contribution < 1.29 is 29.0 Å². The van der Waals surface area contributed by atoms with Crippen LogP contribution in [-0.4, -0.2) is 47.9 Å². The van der Waals surface area contributed by atoms with Crippen molar-refractivity contribution in [3.8, 4) is 11.1 Å². The van der Waals surface area contributed by atoms with E-state index >= 15 is 0 Å². The smallest absolute Gasteiger partial charge is 0.407 e. The molecule has 0 unspecified atom stereocenters. The van der Waals surface area contributed by atoms with Crippen molar-refractivity contribution in [2.45, 2.75) is 63.3 Å². The second-order valence-corrected chi connectivity index (χ2v) is 10.9. The molecule has 214 valence electrons. The predicted octanol–water partition coefficient (Wildman–Crippen LogP) is 5.26. The van der Waals surface area contributed by atoms with Gasteiger partial charge in [-0.1, -0.05) is 85.3 Å². The lowest BCUT2D eigenvalue weighted by atomic mass is 9.98. The van der Waals surface area contributed by atoms with Crippen LogP contribution in [0.3, 0.4) is 0 Å². The van der Waals surface area contributed by atoms with Crippen molar-refractivity contribution >= 4 is 18.0 Å². The summed E-state index contributed by atoms with van der Waals surface area (Å²) < 4.78 is 11.7. The molecule has 5 rings (SSSR count). The van der Waals surface area contributed by atoms with Gasteiger partial charge in [-0.3, -0.25) is 9.59 Å². The lowest BCUT2D eigenvalue weighted by Crippen LogP contribution is -2.55. The average Bonchev–Trinajstić information content (AvgIpc) is 3.55. The Morgan fingerprint density at radius 2 is 1.54 bits per heavy atom. The standard InChI is InChI=1S/C33H36N2O6/c1-21(40-19-22-10-3-2-4-11-22)31(32(38)34-29-17-9-12-23(29)18-30(36)37)35-33(39)41-20-28-26-15-7-5-13-24(26)25-14-6-8-16-27(25)28/h2-8,10-11,13-16,21,23,28-29,31H,9,12,17-20H2,1H3,(H,34,38)(H,35,39)(H,36,37)/t21-,23-,29+,31+/m0/s1. The highest BCUT2D eigenvalue weighted by atomic mass is 16.5. The van der Waals surface area contributed by atoms with Crippen LogP contribution in [0.1, 0.15) is 55.2 Å². The molecule has 8 nitrogen and oxygen atoms in total. The summed E-state index contributed by atoms with van der Waals surface area (Å²) in [6.07, 6.45) is 0.886. The van der Waals surface area contributed by atoms with Crippen LogP contribution in [0.5, 0.6) is 0 Å². The first-order chi connectivity index (χ1) is 19.9. The van der Waals surface area contributed by atoms with Gasteiger partial charge >= 0.3 is 12.1 Å². The number of benzene rings is 3. The predicted molar refractivity (Wildman–Crippen MR) is 154 cm³/mol. The van der Waals surface area contributed by atoms with Crippen LogP contribution in [0.25, 0.3) is 11.1 Å². The summed E-state index contributed by atoms with van der Waals surface area (Å²) in [6.45, 7) is 2.13. The minimum absolute atomic E-state index is 0.00448. The average molecular weight is 557 g/mol. The number of rotatable bonds is 11. The molecule has 3 N–H and O–H groups in total. The second-order valence-electron chi connectivity index (χ2n) is 10.9. The Morgan fingerprint density at radius 1 is 0.902 bits per heavy atom. The van der Waals surface area contributed by atoms with E-state index < -0.39 is 30.1 Å². The van der Waals surface area contributed by atoms with Crippen molar-refractivity contribution in [2.24, 2.45) is 5.92 Å². The highest BCUT2D eigenvalue weighted by Crippen LogP contribution is 2.44. The monoisotopic (exact) mass is 556 g/mol. The van der Waals surface area contributed by atoms with Gasteiger partial charge in [0.2, 0.25) is 5.91 Å². The zero-order chi connectivity index (χ0) is 28.8. The van der Waals surface area contributed by atoms with E-state index in [0.717, 1.165) is 40.7 Å². The number of carbonyl (C=O) groups is 3. The number of ether oxygens (including phenoxy) is 2. The molecule has 1 saturated carbocycles. The maximum Gasteiger partial charge on any atom is 0.407 e. The van der Waals surface area contributed by atoms with Gasteiger partial charge in [-0.15, -0.1) is 0 Å². The molecule has 41 heavy (non-hydrogen) atoms. The molecule has 0 bridgehead atoms. The zero-order valence-electron chi connectivity index (χ0n) is 23.1. The van der Waals surface area contributed by atoms with E-state index in [1.807, 2.05) is 66.7 Å². The minimum atomic E-state index is -1.03. The van der Waals surface area contributed by atoms with Crippen LogP contribution in [0.2, 0.25) is 0 Å². The van der Waals surface area contributed by atoms with E-state index in [1.54, 1.807) is 6.92 Å². The second kappa shape index (κ2) is 13.0. The molecular formula is C33H36N2O6. The molecule has 1 fully saturated rings. The third-order valence-electron chi connectivity index (χ3n) is 8.15. The number of hydrogen-bond donors (Lipinski definition) is 3. The molecule has 3 aromatic rings. The maximum absolute atomic E-state index is 13.5. The summed E-state index contributed by atoms with van der Waals surface area (Å²) in [4.78, 5) is 37.9. The van der Waals surface area contributed by atoms with Gasteiger partial charge in [0.25, 0.3) is 0 Å². The number of fused-ring (bicyclic) bond motifs is 3. The van der Waals surface area contributed by atoms with Crippen LogP contribution in [-0.2, 0) is 25.7 Å². The molecular weight excluding hydrogens is 520 g/mol. The fourth-order valence-corrected chi connectivity index (χ4v) is 6.03. The van der Waals surface area contributed by atoms with E-state index in [4.69, 9.17) is 9.47 Å². The van der Waals surface area contributed by atoms with E-state index in [-0.39, 0.29) is 37.5 Å². The molecule has 3 aromatic carbocycles. The van der Waals surface area contributed by atoms with Crippen molar-refractivity contribution in [3.63, 3.8) is 0 Å². The van der Waals surface area contributed by atoms with Crippen molar-refractivity contribution in [2.75, 3.05) is 6.61 Å². The van der Waals surface area contributed by atoms with Crippen molar-refractivity contribution in [3.05, 3.63) is 95.6 Å². The largest absolute Gasteiger partial charge is 0.481 e. The van der Waals surface area contributed by atoms with Crippen LogP contribution >= 0.6 is 0 Å². The Bertz CT molecular complexity index is 1330. The number of carbonyl (C=O) groups excluding carboxylic acids is 2. The zero-order valence-corrected chi connectivity index (χ0v) is 23.1. The number of hydrogen-bond acceptors (Lipinski definition) is 5. The van der Waals surface area contributed by atoms with Gasteiger partial charge in [-0.2, -0.15) is 0 Å². The molecule has 0 saturated heterocycles. The molecule has 0 heterocycles. The lowest BCUT2D eigenvalue weighted by Gasteiger charge is -2.28. The quantitative estimate of drug-likeness (QED) is 0.297. The first-order valence-corrected chi connectivity index (χ1v) is 14.2. The number of aliphatic carboxylic acids is 1.